The molecule has 2 rings (SSSR count). The molecule has 0 aliphatic carbocycles. The Kier molecular flexibility index (Phi) is 3.99. The van der Waals surface area contributed by atoms with Gasteiger partial charge in [-0.1, -0.05) is 0 Å². The number of nitrogens with zero attached hydrogens (tertiary/aromatic N) is 2. The summed E-state index contributed by atoms with van der Waals surface area (Å²) in [5.41, 5.74) is 0.467. The molecule has 0 radical (unpaired) electrons. The molecule has 0 unspecified atom stereocenters. The van der Waals surface area contributed by atoms with E-state index in [1.54, 1.807) is 13.8 Å². The molecule has 0 bridgehead atoms. The number of carbonyl (C=O) groups excluding carboxylic acids is 1. The number of thiol groups is 1. The number of hydrogen-bond donors (Lipinski definition) is 2. The van der Waals surface area contributed by atoms with E-state index in [1.807, 2.05) is 0 Å². The largest absolute Gasteiger partial charge is 0.319 e. The van der Waals surface area contributed by atoms with Crippen molar-refractivity contribution in [3.05, 3.63) is 46.9 Å². The van der Waals surface area contributed by atoms with Crippen LogP contribution < -0.4 is 5.32 Å². The molecule has 0 spiro atoms. The van der Waals surface area contributed by atoms with Crippen LogP contribution in [-0.4, -0.2) is 15.9 Å². The predicted octanol–water partition coefficient (Wildman–Crippen LogP) is 2.91. The van der Waals surface area contributed by atoms with E-state index in [2.05, 4.69) is 27.9 Å². The molecule has 1 N–H and O–H groups in total. The third-order valence-electron chi connectivity index (χ3n) is 2.59. The van der Waals surface area contributed by atoms with Gasteiger partial charge in [0.2, 0.25) is 0 Å². The van der Waals surface area contributed by atoms with Gasteiger partial charge in [0.05, 0.1) is 16.9 Å². The Balaban J connectivity index is 2.33. The van der Waals surface area contributed by atoms with Crippen LogP contribution in [0.2, 0.25) is 0 Å². The van der Waals surface area contributed by atoms with Gasteiger partial charge in [-0.2, -0.15) is 0 Å². The molecule has 1 aromatic heterocycles. The summed E-state index contributed by atoms with van der Waals surface area (Å²) in [6.07, 6.45) is 0. The Hall–Kier alpha value is -2.02. The van der Waals surface area contributed by atoms with Crippen LogP contribution in [-0.2, 0) is 0 Å². The molecule has 0 aliphatic rings. The third kappa shape index (κ3) is 2.93. The number of amides is 1. The number of halogens is 2. The molecule has 1 amide bonds. The predicted molar refractivity (Wildman–Crippen MR) is 73.1 cm³/mol. The van der Waals surface area contributed by atoms with Crippen molar-refractivity contribution in [3.8, 4) is 0 Å². The maximum atomic E-state index is 13.5. The molecule has 2 aromatic rings. The van der Waals surface area contributed by atoms with E-state index < -0.39 is 17.5 Å². The number of anilines is 1. The molecule has 104 valence electrons. The lowest BCUT2D eigenvalue weighted by Gasteiger charge is -2.10. The number of aromatic nitrogens is 2. The first-order valence-electron chi connectivity index (χ1n) is 5.69. The van der Waals surface area contributed by atoms with E-state index in [-0.39, 0.29) is 16.3 Å². The van der Waals surface area contributed by atoms with Crippen LogP contribution in [0.4, 0.5) is 14.5 Å². The van der Waals surface area contributed by atoms with Crippen molar-refractivity contribution in [2.75, 3.05) is 5.32 Å². The molecule has 0 saturated carbocycles. The summed E-state index contributed by atoms with van der Waals surface area (Å²) < 4.78 is 26.3. The van der Waals surface area contributed by atoms with Gasteiger partial charge in [0.1, 0.15) is 22.5 Å². The zero-order valence-electron chi connectivity index (χ0n) is 10.7. The van der Waals surface area contributed by atoms with E-state index in [1.165, 1.54) is 0 Å². The summed E-state index contributed by atoms with van der Waals surface area (Å²) in [5, 5.41) is 2.55. The zero-order chi connectivity index (χ0) is 14.9. The fraction of sp³-hybridized carbons (Fsp3) is 0.154. The number of benzene rings is 1. The fourth-order valence-corrected chi connectivity index (χ4v) is 2.14. The molecular formula is C13H11F2N3OS. The van der Waals surface area contributed by atoms with Gasteiger partial charge in [0, 0.05) is 6.07 Å². The van der Waals surface area contributed by atoms with Gasteiger partial charge in [0.25, 0.3) is 5.91 Å². The molecule has 0 aliphatic heterocycles. The Bertz CT molecular complexity index is 668. The Morgan fingerprint density at radius 3 is 2.55 bits per heavy atom. The highest BCUT2D eigenvalue weighted by Gasteiger charge is 2.17. The molecule has 1 aromatic carbocycles. The third-order valence-corrected chi connectivity index (χ3v) is 2.91. The van der Waals surface area contributed by atoms with Crippen molar-refractivity contribution in [2.24, 2.45) is 0 Å². The zero-order valence-corrected chi connectivity index (χ0v) is 11.6. The molecule has 4 nitrogen and oxygen atoms in total. The van der Waals surface area contributed by atoms with Gasteiger partial charge in [-0.3, -0.25) is 4.79 Å². The van der Waals surface area contributed by atoms with Crippen molar-refractivity contribution in [2.45, 2.75) is 18.9 Å². The van der Waals surface area contributed by atoms with Gasteiger partial charge in [-0.15, -0.1) is 12.6 Å². The highest BCUT2D eigenvalue weighted by molar-refractivity contribution is 7.80. The summed E-state index contributed by atoms with van der Waals surface area (Å²) in [6, 6.07) is 2.89. The molecule has 0 atom stereocenters. The number of rotatable bonds is 2. The van der Waals surface area contributed by atoms with Crippen molar-refractivity contribution in [3.63, 3.8) is 0 Å². The average molecular weight is 295 g/mol. The molecule has 0 saturated heterocycles. The second-order valence-electron chi connectivity index (χ2n) is 4.13. The van der Waals surface area contributed by atoms with Crippen LogP contribution in [0.5, 0.6) is 0 Å². The summed E-state index contributed by atoms with van der Waals surface area (Å²) in [4.78, 5) is 20.1. The lowest BCUT2D eigenvalue weighted by molar-refractivity contribution is 0.102. The van der Waals surface area contributed by atoms with E-state index >= 15 is 0 Å². The van der Waals surface area contributed by atoms with Gasteiger partial charge in [0.15, 0.2) is 0 Å². The first-order chi connectivity index (χ1) is 9.38. The Labute approximate surface area is 119 Å². The van der Waals surface area contributed by atoms with Crippen LogP contribution in [0.1, 0.15) is 21.9 Å². The number of nitrogens with one attached hydrogen (secondary N) is 1. The van der Waals surface area contributed by atoms with Gasteiger partial charge in [-0.05, 0) is 26.0 Å². The van der Waals surface area contributed by atoms with E-state index in [0.29, 0.717) is 17.6 Å². The quantitative estimate of drug-likeness (QED) is 0.661. The summed E-state index contributed by atoms with van der Waals surface area (Å²) in [6.45, 7) is 3.30. The Morgan fingerprint density at radius 1 is 1.25 bits per heavy atom. The van der Waals surface area contributed by atoms with Crippen LogP contribution in [0.25, 0.3) is 0 Å². The van der Waals surface area contributed by atoms with Gasteiger partial charge in [-0.25, -0.2) is 18.7 Å². The maximum absolute atomic E-state index is 13.5. The number of hydrogen-bond acceptors (Lipinski definition) is 4. The monoisotopic (exact) mass is 295 g/mol. The van der Waals surface area contributed by atoms with Crippen LogP contribution in [0.15, 0.2) is 23.2 Å². The van der Waals surface area contributed by atoms with Crippen LogP contribution in [0.3, 0.4) is 0 Å². The fourth-order valence-electron chi connectivity index (χ4n) is 1.74. The molecule has 1 heterocycles. The molecular weight excluding hydrogens is 284 g/mol. The highest BCUT2D eigenvalue weighted by Crippen LogP contribution is 2.19. The average Bonchev–Trinajstić information content (AvgIpc) is 2.31. The first-order valence-corrected chi connectivity index (χ1v) is 6.14. The minimum atomic E-state index is -0.857. The summed E-state index contributed by atoms with van der Waals surface area (Å²) in [7, 11) is 0. The first kappa shape index (κ1) is 14.4. The lowest BCUT2D eigenvalue weighted by Crippen LogP contribution is -2.17. The molecule has 7 heteroatoms. The SMILES string of the molecule is Cc1nc(C)c(C(=O)Nc2ccc(F)cc2F)c(S)n1. The lowest BCUT2D eigenvalue weighted by atomic mass is 10.2. The molecule has 0 fully saturated rings. The smallest absolute Gasteiger partial charge is 0.260 e. The Morgan fingerprint density at radius 2 is 1.95 bits per heavy atom. The number of aryl methyl sites for hydroxylation is 2. The standard InChI is InChI=1S/C13H11F2N3OS/c1-6-11(13(20)17-7(2)16-6)12(19)18-10-4-3-8(14)5-9(10)15/h3-5H,1-2H3,(H,18,19)(H,16,17,20). The van der Waals surface area contributed by atoms with E-state index in [4.69, 9.17) is 0 Å². The highest BCUT2D eigenvalue weighted by atomic mass is 32.1. The van der Waals surface area contributed by atoms with E-state index in [9.17, 15) is 13.6 Å². The summed E-state index contributed by atoms with van der Waals surface area (Å²) >= 11 is 4.12. The second kappa shape index (κ2) is 5.54. The topological polar surface area (TPSA) is 54.9 Å². The van der Waals surface area contributed by atoms with Crippen LogP contribution >= 0.6 is 12.6 Å². The second-order valence-corrected chi connectivity index (χ2v) is 4.56. The van der Waals surface area contributed by atoms with Crippen molar-refractivity contribution < 1.29 is 13.6 Å². The van der Waals surface area contributed by atoms with Crippen molar-refractivity contribution in [1.82, 2.24) is 9.97 Å². The van der Waals surface area contributed by atoms with Gasteiger partial charge < -0.3 is 5.32 Å². The number of carbonyl (C=O) groups is 1. The van der Waals surface area contributed by atoms with E-state index in [0.717, 1.165) is 12.1 Å². The summed E-state index contributed by atoms with van der Waals surface area (Å²) in [5.74, 6) is -1.69. The minimum absolute atomic E-state index is 0.121. The van der Waals surface area contributed by atoms with Crippen LogP contribution in [0, 0.1) is 25.5 Å². The molecule has 20 heavy (non-hydrogen) atoms. The maximum Gasteiger partial charge on any atom is 0.260 e. The van der Waals surface area contributed by atoms with Gasteiger partial charge >= 0.3 is 0 Å². The van der Waals surface area contributed by atoms with Crippen molar-refractivity contribution >= 4 is 24.2 Å². The van der Waals surface area contributed by atoms with Crippen molar-refractivity contribution in [1.29, 1.82) is 0 Å². The normalized spacial score (nSPS) is 10.4. The minimum Gasteiger partial charge on any atom is -0.319 e.